The third-order valence-electron chi connectivity index (χ3n) is 1.99. The Balaban J connectivity index is 2.21. The summed E-state index contributed by atoms with van der Waals surface area (Å²) in [6, 6.07) is -0.666. The van der Waals surface area contributed by atoms with E-state index in [2.05, 4.69) is 20.5 Å². The van der Waals surface area contributed by atoms with Gasteiger partial charge in [0.2, 0.25) is 0 Å². The molecule has 0 aliphatic rings. The largest absolute Gasteiger partial charge is 0.480 e. The second-order valence-electron chi connectivity index (χ2n) is 3.87. The van der Waals surface area contributed by atoms with Crippen LogP contribution in [0.25, 0.3) is 0 Å². The number of nitrogens with zero attached hydrogens (tertiary/aromatic N) is 2. The Morgan fingerprint density at radius 3 is 2.76 bits per heavy atom. The number of ether oxygens (including phenoxy) is 1. The van der Waals surface area contributed by atoms with Crippen molar-refractivity contribution in [2.24, 2.45) is 0 Å². The maximum absolute atomic E-state index is 11.7. The zero-order valence-electron chi connectivity index (χ0n) is 10.7. The Labute approximate surface area is 116 Å². The van der Waals surface area contributed by atoms with Crippen LogP contribution in [0, 0.1) is 0 Å². The maximum Gasteiger partial charge on any atom is 0.411 e. The predicted molar refractivity (Wildman–Crippen MR) is 63.8 cm³/mol. The fraction of sp³-hybridized carbons (Fsp3) is 0.500. The normalized spacial score (nSPS) is 11.2. The van der Waals surface area contributed by atoms with E-state index >= 15 is 0 Å². The van der Waals surface area contributed by atoms with Gasteiger partial charge in [-0.3, -0.25) is 9.48 Å². The number of carbonyl (C=O) groups excluding carboxylic acids is 1. The molecule has 0 bridgehead atoms. The first-order valence-electron chi connectivity index (χ1n) is 5.70. The van der Waals surface area contributed by atoms with Crippen molar-refractivity contribution in [1.82, 2.24) is 15.1 Å². The molecular weight excluding hydrogens is 297 g/mol. The van der Waals surface area contributed by atoms with Crippen molar-refractivity contribution >= 4 is 17.7 Å². The molecule has 1 aromatic rings. The van der Waals surface area contributed by atoms with Crippen LogP contribution in [0.1, 0.15) is 0 Å². The Hall–Kier alpha value is -2.30. The Morgan fingerprint density at radius 1 is 1.43 bits per heavy atom. The third-order valence-corrected chi connectivity index (χ3v) is 1.99. The molecule has 1 rings (SSSR count). The number of carboxylic acids is 1. The highest BCUT2D eigenvalue weighted by Gasteiger charge is 2.27. The van der Waals surface area contributed by atoms with Gasteiger partial charge in [0.25, 0.3) is 0 Å². The molecule has 11 heteroatoms. The van der Waals surface area contributed by atoms with E-state index in [0.29, 0.717) is 0 Å². The van der Waals surface area contributed by atoms with Gasteiger partial charge in [-0.2, -0.15) is 18.3 Å². The molecule has 21 heavy (non-hydrogen) atoms. The van der Waals surface area contributed by atoms with Gasteiger partial charge >= 0.3 is 18.2 Å². The van der Waals surface area contributed by atoms with Crippen LogP contribution >= 0.6 is 0 Å². The molecule has 0 aliphatic heterocycles. The summed E-state index contributed by atoms with van der Waals surface area (Å²) in [6.45, 7) is -2.12. The van der Waals surface area contributed by atoms with Crippen molar-refractivity contribution in [3.63, 3.8) is 0 Å². The smallest absolute Gasteiger partial charge is 0.411 e. The third kappa shape index (κ3) is 7.77. The van der Waals surface area contributed by atoms with Crippen molar-refractivity contribution < 1.29 is 32.6 Å². The number of anilines is 1. The maximum atomic E-state index is 11.7. The van der Waals surface area contributed by atoms with Gasteiger partial charge in [0.05, 0.1) is 18.5 Å². The number of carbonyl (C=O) groups is 2. The molecule has 0 aliphatic carbocycles. The average Bonchev–Trinajstić information content (AvgIpc) is 2.73. The van der Waals surface area contributed by atoms with E-state index in [-0.39, 0.29) is 25.4 Å². The molecule has 0 spiro atoms. The van der Waals surface area contributed by atoms with Crippen LogP contribution in [0.15, 0.2) is 12.4 Å². The van der Waals surface area contributed by atoms with Crippen LogP contribution < -0.4 is 10.6 Å². The number of nitrogens with one attached hydrogen (secondary N) is 2. The zero-order valence-corrected chi connectivity index (χ0v) is 10.7. The number of urea groups is 1. The van der Waals surface area contributed by atoms with Gasteiger partial charge in [-0.1, -0.05) is 0 Å². The molecule has 8 nitrogen and oxygen atoms in total. The van der Waals surface area contributed by atoms with E-state index in [1.807, 2.05) is 0 Å². The molecular formula is C10H13F3N4O4. The summed E-state index contributed by atoms with van der Waals surface area (Å²) in [5, 5.41) is 16.8. The first-order chi connectivity index (χ1) is 9.76. The van der Waals surface area contributed by atoms with Gasteiger partial charge in [-0.15, -0.1) is 0 Å². The van der Waals surface area contributed by atoms with E-state index in [1.54, 1.807) is 0 Å². The Bertz CT molecular complexity index is 489. The van der Waals surface area contributed by atoms with Crippen LogP contribution in [0.3, 0.4) is 0 Å². The summed E-state index contributed by atoms with van der Waals surface area (Å²) in [6.07, 6.45) is -1.86. The molecule has 1 aromatic heterocycles. The zero-order chi connectivity index (χ0) is 15.9. The lowest BCUT2D eigenvalue weighted by Gasteiger charge is -2.08. The average molecular weight is 310 g/mol. The highest BCUT2D eigenvalue weighted by Crippen LogP contribution is 2.13. The van der Waals surface area contributed by atoms with E-state index in [4.69, 9.17) is 5.11 Å². The van der Waals surface area contributed by atoms with Crippen LogP contribution in [0.5, 0.6) is 0 Å². The number of amides is 2. The number of aromatic nitrogens is 2. The number of halogens is 3. The minimum atomic E-state index is -4.40. The minimum absolute atomic E-state index is 0.106. The van der Waals surface area contributed by atoms with E-state index in [0.717, 1.165) is 4.68 Å². The predicted octanol–water partition coefficient (Wildman–Crippen LogP) is 0.668. The molecule has 0 fully saturated rings. The molecule has 2 amide bonds. The first-order valence-corrected chi connectivity index (χ1v) is 5.70. The van der Waals surface area contributed by atoms with Crippen LogP contribution in [0.2, 0.25) is 0 Å². The van der Waals surface area contributed by atoms with E-state index in [1.165, 1.54) is 12.4 Å². The van der Waals surface area contributed by atoms with E-state index < -0.39 is 24.8 Å². The van der Waals surface area contributed by atoms with Crippen molar-refractivity contribution in [2.45, 2.75) is 12.7 Å². The number of carboxylic acid groups (broad SMARTS) is 1. The van der Waals surface area contributed by atoms with E-state index in [9.17, 15) is 22.8 Å². The summed E-state index contributed by atoms with van der Waals surface area (Å²) in [7, 11) is 0. The number of hydrogen-bond donors (Lipinski definition) is 3. The lowest BCUT2D eigenvalue weighted by molar-refractivity contribution is -0.173. The van der Waals surface area contributed by atoms with Gasteiger partial charge in [-0.05, 0) is 0 Å². The highest BCUT2D eigenvalue weighted by atomic mass is 19.4. The molecule has 0 saturated heterocycles. The topological polar surface area (TPSA) is 105 Å². The molecule has 0 saturated carbocycles. The number of rotatable bonds is 7. The number of alkyl halides is 3. The quantitative estimate of drug-likeness (QED) is 0.642. The molecule has 0 aromatic carbocycles. The standard InChI is InChI=1S/C10H13F3N4O4/c11-10(12,13)6-21-2-1-14-9(20)16-7-3-15-17(4-7)5-8(18)19/h3-4H,1-2,5-6H2,(H,18,19)(H2,14,16,20). The molecule has 118 valence electrons. The number of aliphatic carboxylic acids is 1. The lowest BCUT2D eigenvalue weighted by Crippen LogP contribution is -2.32. The van der Waals surface area contributed by atoms with Gasteiger partial charge in [-0.25, -0.2) is 4.79 Å². The minimum Gasteiger partial charge on any atom is -0.480 e. The summed E-state index contributed by atoms with van der Waals surface area (Å²) >= 11 is 0. The van der Waals surface area contributed by atoms with Crippen molar-refractivity contribution in [3.05, 3.63) is 12.4 Å². The monoisotopic (exact) mass is 310 g/mol. The van der Waals surface area contributed by atoms with Gasteiger partial charge in [0.15, 0.2) is 0 Å². The van der Waals surface area contributed by atoms with Crippen molar-refractivity contribution in [1.29, 1.82) is 0 Å². The summed E-state index contributed by atoms with van der Waals surface area (Å²) in [5.74, 6) is -1.09. The Kier molecular flexibility index (Phi) is 5.96. The second-order valence-corrected chi connectivity index (χ2v) is 3.87. The van der Waals surface area contributed by atoms with Crippen LogP contribution in [-0.4, -0.2) is 52.8 Å². The van der Waals surface area contributed by atoms with Crippen molar-refractivity contribution in [2.75, 3.05) is 25.1 Å². The molecule has 1 heterocycles. The number of hydrogen-bond acceptors (Lipinski definition) is 4. The SMILES string of the molecule is O=C(O)Cn1cc(NC(=O)NCCOCC(F)(F)F)cn1. The second kappa shape index (κ2) is 7.47. The fourth-order valence-corrected chi connectivity index (χ4v) is 1.25. The summed E-state index contributed by atoms with van der Waals surface area (Å²) in [4.78, 5) is 21.8. The van der Waals surface area contributed by atoms with Gasteiger partial charge in [0, 0.05) is 12.7 Å². The van der Waals surface area contributed by atoms with Crippen molar-refractivity contribution in [3.8, 4) is 0 Å². The Morgan fingerprint density at radius 2 is 2.14 bits per heavy atom. The fourth-order valence-electron chi connectivity index (χ4n) is 1.25. The summed E-state index contributed by atoms with van der Waals surface area (Å²) < 4.78 is 40.6. The van der Waals surface area contributed by atoms with Crippen LogP contribution in [0.4, 0.5) is 23.7 Å². The highest BCUT2D eigenvalue weighted by molar-refractivity contribution is 5.88. The lowest BCUT2D eigenvalue weighted by atomic mass is 10.5. The van der Waals surface area contributed by atoms with Gasteiger partial charge in [0.1, 0.15) is 13.2 Å². The van der Waals surface area contributed by atoms with Crippen LogP contribution in [-0.2, 0) is 16.1 Å². The summed E-state index contributed by atoms with van der Waals surface area (Å²) in [5.41, 5.74) is 0.255. The molecule has 3 N–H and O–H groups in total. The molecule has 0 radical (unpaired) electrons. The first kappa shape index (κ1) is 16.8. The van der Waals surface area contributed by atoms with Gasteiger partial charge < -0.3 is 20.5 Å². The molecule has 0 atom stereocenters. The molecule has 0 unspecified atom stereocenters.